The van der Waals surface area contributed by atoms with Crippen LogP contribution in [-0.2, 0) is 0 Å². The van der Waals surface area contributed by atoms with Gasteiger partial charge in [-0.3, -0.25) is 10.1 Å². The number of nitro groups is 1. The van der Waals surface area contributed by atoms with E-state index in [2.05, 4.69) is 0 Å². The molecule has 0 bridgehead atoms. The van der Waals surface area contributed by atoms with Crippen LogP contribution >= 0.6 is 11.6 Å². The summed E-state index contributed by atoms with van der Waals surface area (Å²) in [6.45, 7) is 0. The van der Waals surface area contributed by atoms with Crippen molar-refractivity contribution in [1.82, 2.24) is 0 Å². The molecule has 1 unspecified atom stereocenters. The molecule has 0 aliphatic carbocycles. The first-order valence-corrected chi connectivity index (χ1v) is 4.03. The Morgan fingerprint density at radius 1 is 1.64 bits per heavy atom. The van der Waals surface area contributed by atoms with Crippen molar-refractivity contribution < 1.29 is 4.92 Å². The fraction of sp³-hybridized carbons (Fsp3) is 0.125. The van der Waals surface area contributed by atoms with E-state index >= 15 is 0 Å². The third-order valence-electron chi connectivity index (χ3n) is 1.66. The van der Waals surface area contributed by atoms with Crippen LogP contribution in [0, 0.1) is 21.4 Å². The highest BCUT2D eigenvalue weighted by Crippen LogP contribution is 2.25. The zero-order valence-electron chi connectivity index (χ0n) is 6.98. The van der Waals surface area contributed by atoms with Crippen molar-refractivity contribution in [2.45, 2.75) is 6.04 Å². The van der Waals surface area contributed by atoms with E-state index in [4.69, 9.17) is 22.6 Å². The predicted molar refractivity (Wildman–Crippen MR) is 50.6 cm³/mol. The molecule has 0 heterocycles. The predicted octanol–water partition coefficient (Wildman–Crippen LogP) is 1.77. The van der Waals surface area contributed by atoms with E-state index in [1.165, 1.54) is 18.2 Å². The minimum Gasteiger partial charge on any atom is -0.312 e. The maximum atomic E-state index is 10.4. The Balaban J connectivity index is 3.23. The molecule has 0 amide bonds. The number of benzene rings is 1. The monoisotopic (exact) mass is 211 g/mol. The van der Waals surface area contributed by atoms with Gasteiger partial charge in [-0.15, -0.1) is 0 Å². The maximum absolute atomic E-state index is 10.4. The number of nitrogens with zero attached hydrogens (tertiary/aromatic N) is 2. The Hall–Kier alpha value is -1.64. The zero-order chi connectivity index (χ0) is 10.7. The molecule has 0 aromatic heterocycles. The third-order valence-corrected chi connectivity index (χ3v) is 2.01. The molecule has 2 N–H and O–H groups in total. The lowest BCUT2D eigenvalue weighted by molar-refractivity contribution is -0.384. The highest BCUT2D eigenvalue weighted by molar-refractivity contribution is 6.31. The van der Waals surface area contributed by atoms with Crippen LogP contribution in [0.15, 0.2) is 18.2 Å². The van der Waals surface area contributed by atoms with Crippen molar-refractivity contribution in [2.75, 3.05) is 0 Å². The molecule has 5 nitrogen and oxygen atoms in total. The van der Waals surface area contributed by atoms with Crippen molar-refractivity contribution >= 4 is 17.3 Å². The molecule has 0 aliphatic rings. The first kappa shape index (κ1) is 10.4. The second-order valence-corrected chi connectivity index (χ2v) is 2.98. The van der Waals surface area contributed by atoms with Gasteiger partial charge in [0.2, 0.25) is 0 Å². The molecule has 0 aliphatic heterocycles. The number of hydrogen-bond acceptors (Lipinski definition) is 4. The summed E-state index contributed by atoms with van der Waals surface area (Å²) >= 11 is 5.72. The Morgan fingerprint density at radius 3 is 2.79 bits per heavy atom. The highest BCUT2D eigenvalue weighted by Gasteiger charge is 2.14. The molecule has 0 fully saturated rings. The van der Waals surface area contributed by atoms with Gasteiger partial charge in [-0.1, -0.05) is 11.6 Å². The number of halogens is 1. The van der Waals surface area contributed by atoms with Gasteiger partial charge >= 0.3 is 0 Å². The van der Waals surface area contributed by atoms with E-state index < -0.39 is 11.0 Å². The molecule has 14 heavy (non-hydrogen) atoms. The summed E-state index contributed by atoms with van der Waals surface area (Å²) in [6.07, 6.45) is 0. The van der Waals surface area contributed by atoms with Gasteiger partial charge in [-0.05, 0) is 6.07 Å². The molecule has 72 valence electrons. The van der Waals surface area contributed by atoms with E-state index in [0.29, 0.717) is 0 Å². The van der Waals surface area contributed by atoms with Crippen LogP contribution in [0.25, 0.3) is 0 Å². The van der Waals surface area contributed by atoms with Gasteiger partial charge in [-0.2, -0.15) is 5.26 Å². The zero-order valence-corrected chi connectivity index (χ0v) is 7.73. The van der Waals surface area contributed by atoms with Gasteiger partial charge in [0, 0.05) is 22.7 Å². The summed E-state index contributed by atoms with van der Waals surface area (Å²) in [5.74, 6) is 0. The van der Waals surface area contributed by atoms with Crippen molar-refractivity contribution in [3.05, 3.63) is 38.9 Å². The van der Waals surface area contributed by atoms with Crippen LogP contribution < -0.4 is 5.73 Å². The molecule has 1 rings (SSSR count). The van der Waals surface area contributed by atoms with Crippen LogP contribution in [0.2, 0.25) is 5.02 Å². The minimum absolute atomic E-state index is 0.130. The summed E-state index contributed by atoms with van der Waals surface area (Å²) in [5.41, 5.74) is 5.53. The van der Waals surface area contributed by atoms with E-state index in [1.54, 1.807) is 6.07 Å². The third kappa shape index (κ3) is 1.99. The van der Waals surface area contributed by atoms with Crippen LogP contribution in [0.5, 0.6) is 0 Å². The quantitative estimate of drug-likeness (QED) is 0.596. The lowest BCUT2D eigenvalue weighted by Gasteiger charge is -2.04. The van der Waals surface area contributed by atoms with E-state index in [9.17, 15) is 10.1 Å². The summed E-state index contributed by atoms with van der Waals surface area (Å²) in [4.78, 5) is 9.85. The number of rotatable bonds is 2. The Labute approximate surface area is 84.8 Å². The maximum Gasteiger partial charge on any atom is 0.269 e. The number of non-ortho nitro benzene ring substituents is 1. The van der Waals surface area contributed by atoms with Crippen molar-refractivity contribution in [3.63, 3.8) is 0 Å². The second-order valence-electron chi connectivity index (χ2n) is 2.57. The Kier molecular flexibility index (Phi) is 3.02. The first-order valence-electron chi connectivity index (χ1n) is 3.65. The smallest absolute Gasteiger partial charge is 0.269 e. The van der Waals surface area contributed by atoms with Crippen LogP contribution in [0.1, 0.15) is 11.6 Å². The fourth-order valence-electron chi connectivity index (χ4n) is 0.953. The Bertz CT molecular complexity index is 414. The SMILES string of the molecule is N#CC(N)c1cc([N+](=O)[O-])ccc1Cl. The van der Waals surface area contributed by atoms with Gasteiger partial charge in [0.15, 0.2) is 0 Å². The molecule has 1 aromatic rings. The molecule has 1 atom stereocenters. The number of nitrogens with two attached hydrogens (primary N) is 1. The second kappa shape index (κ2) is 4.05. The molecule has 0 saturated carbocycles. The van der Waals surface area contributed by atoms with Crippen molar-refractivity contribution in [3.8, 4) is 6.07 Å². The van der Waals surface area contributed by atoms with Gasteiger partial charge in [-0.25, -0.2) is 0 Å². The van der Waals surface area contributed by atoms with Gasteiger partial charge in [0.25, 0.3) is 5.69 Å². The number of nitro benzene ring substituents is 1. The van der Waals surface area contributed by atoms with Crippen molar-refractivity contribution in [2.24, 2.45) is 5.73 Å². The Morgan fingerprint density at radius 2 is 2.29 bits per heavy atom. The lowest BCUT2D eigenvalue weighted by Crippen LogP contribution is -2.08. The normalized spacial score (nSPS) is 11.8. The van der Waals surface area contributed by atoms with Gasteiger partial charge < -0.3 is 5.73 Å². The molecular formula is C8H6ClN3O2. The number of hydrogen-bond donors (Lipinski definition) is 1. The standard InChI is InChI=1S/C8H6ClN3O2/c9-7-2-1-5(12(13)14)3-6(7)8(11)4-10/h1-3,8H,11H2. The largest absolute Gasteiger partial charge is 0.312 e. The number of nitriles is 1. The van der Waals surface area contributed by atoms with E-state index in [1.807, 2.05) is 0 Å². The molecule has 1 aromatic carbocycles. The van der Waals surface area contributed by atoms with Crippen LogP contribution in [0.3, 0.4) is 0 Å². The molecule has 0 radical (unpaired) electrons. The summed E-state index contributed by atoms with van der Waals surface area (Å²) < 4.78 is 0. The van der Waals surface area contributed by atoms with E-state index in [0.717, 1.165) is 0 Å². The first-order chi connectivity index (χ1) is 6.56. The molecule has 0 saturated heterocycles. The average molecular weight is 212 g/mol. The summed E-state index contributed by atoms with van der Waals surface area (Å²) in [7, 11) is 0. The van der Waals surface area contributed by atoms with E-state index in [-0.39, 0.29) is 16.3 Å². The average Bonchev–Trinajstić information content (AvgIpc) is 2.17. The van der Waals surface area contributed by atoms with Gasteiger partial charge in [0.1, 0.15) is 6.04 Å². The lowest BCUT2D eigenvalue weighted by atomic mass is 10.1. The van der Waals surface area contributed by atoms with Gasteiger partial charge in [0.05, 0.1) is 11.0 Å². The summed E-state index contributed by atoms with van der Waals surface area (Å²) in [6, 6.07) is 4.63. The molecule has 0 spiro atoms. The molecule has 6 heteroatoms. The van der Waals surface area contributed by atoms with Crippen LogP contribution in [-0.4, -0.2) is 4.92 Å². The highest BCUT2D eigenvalue weighted by atomic mass is 35.5. The summed E-state index contributed by atoms with van der Waals surface area (Å²) in [5, 5.41) is 19.2. The topological polar surface area (TPSA) is 93.0 Å². The molecular weight excluding hydrogens is 206 g/mol. The van der Waals surface area contributed by atoms with Crippen LogP contribution in [0.4, 0.5) is 5.69 Å². The van der Waals surface area contributed by atoms with Crippen molar-refractivity contribution in [1.29, 1.82) is 5.26 Å². The fourth-order valence-corrected chi connectivity index (χ4v) is 1.19. The minimum atomic E-state index is -0.942.